The molecule has 3 aromatic heterocycles. The van der Waals surface area contributed by atoms with Gasteiger partial charge in [0.15, 0.2) is 11.5 Å². The molecule has 5 heterocycles. The van der Waals surface area contributed by atoms with Crippen LogP contribution in [-0.4, -0.2) is 59.7 Å². The number of rotatable bonds is 8. The number of benzene rings is 2. The van der Waals surface area contributed by atoms with Crippen molar-refractivity contribution < 1.29 is 14.7 Å². The zero-order chi connectivity index (χ0) is 34.2. The van der Waals surface area contributed by atoms with Gasteiger partial charge < -0.3 is 15.7 Å². The third-order valence-corrected chi connectivity index (χ3v) is 10.1. The van der Waals surface area contributed by atoms with Gasteiger partial charge in [-0.15, -0.1) is 0 Å². The molecule has 0 aliphatic carbocycles. The monoisotopic (exact) mass is 698 g/mol. The first-order valence-electron chi connectivity index (χ1n) is 16.5. The van der Waals surface area contributed by atoms with Gasteiger partial charge in [-0.3, -0.25) is 24.2 Å². The number of piperidine rings is 1. The van der Waals surface area contributed by atoms with Crippen LogP contribution in [0.2, 0.25) is 10.0 Å². The summed E-state index contributed by atoms with van der Waals surface area (Å²) >= 11 is 14.0. The molecule has 49 heavy (non-hydrogen) atoms. The zero-order valence-electron chi connectivity index (χ0n) is 27.2. The number of anilines is 3. The molecule has 0 radical (unpaired) electrons. The minimum absolute atomic E-state index is 0.0977. The van der Waals surface area contributed by atoms with Crippen LogP contribution in [0.4, 0.5) is 17.2 Å². The Morgan fingerprint density at radius 2 is 1.63 bits per heavy atom. The Balaban J connectivity index is 1.12. The first-order valence-corrected chi connectivity index (χ1v) is 17.3. The summed E-state index contributed by atoms with van der Waals surface area (Å²) in [7, 11) is 0. The summed E-state index contributed by atoms with van der Waals surface area (Å²) in [4.78, 5) is 41.3. The molecular weight excluding hydrogens is 663 g/mol. The molecule has 0 unspecified atom stereocenters. The molecule has 1 fully saturated rings. The summed E-state index contributed by atoms with van der Waals surface area (Å²) in [5.74, 6) is -0.0352. The summed E-state index contributed by atoms with van der Waals surface area (Å²) in [6, 6.07) is 16.7. The van der Waals surface area contributed by atoms with E-state index in [0.717, 1.165) is 30.6 Å². The van der Waals surface area contributed by atoms with E-state index in [1.54, 1.807) is 12.3 Å². The van der Waals surface area contributed by atoms with E-state index in [0.29, 0.717) is 81.3 Å². The van der Waals surface area contributed by atoms with E-state index >= 15 is 0 Å². The van der Waals surface area contributed by atoms with Gasteiger partial charge in [0.05, 0.1) is 44.6 Å². The Bertz CT molecular complexity index is 2060. The number of fused-ring (bicyclic) bond motifs is 2. The number of nitrogens with one attached hydrogen (secondary N) is 2. The quantitative estimate of drug-likeness (QED) is 0.147. The van der Waals surface area contributed by atoms with E-state index in [1.807, 2.05) is 67.1 Å². The summed E-state index contributed by atoms with van der Waals surface area (Å²) < 4.78 is 1.91. The van der Waals surface area contributed by atoms with Gasteiger partial charge in [-0.05, 0) is 69.1 Å². The molecule has 2 aliphatic rings. The molecule has 5 aromatic rings. The van der Waals surface area contributed by atoms with E-state index in [9.17, 15) is 14.7 Å². The Hall–Kier alpha value is -4.58. The maximum Gasteiger partial charge on any atom is 0.306 e. The molecule has 252 valence electrons. The van der Waals surface area contributed by atoms with Crippen LogP contribution in [-0.2, 0) is 11.3 Å². The number of hydrogen-bond acceptors (Lipinski definition) is 8. The Morgan fingerprint density at radius 1 is 0.918 bits per heavy atom. The fraction of sp³-hybridized carbons (Fsp3) is 0.333. The topological polar surface area (TPSA) is 138 Å². The lowest BCUT2D eigenvalue weighted by molar-refractivity contribution is -0.143. The summed E-state index contributed by atoms with van der Waals surface area (Å²) in [6.07, 6.45) is 4.83. The van der Waals surface area contributed by atoms with Crippen LogP contribution in [0.5, 0.6) is 0 Å². The van der Waals surface area contributed by atoms with Crippen molar-refractivity contribution in [2.45, 2.75) is 58.0 Å². The molecule has 7 rings (SSSR count). The molecule has 0 spiro atoms. The number of carboxylic acid groups (broad SMARTS) is 1. The lowest BCUT2D eigenvalue weighted by Crippen LogP contribution is -2.40. The number of amides is 1. The van der Waals surface area contributed by atoms with Crippen LogP contribution < -0.4 is 10.6 Å². The number of carboxylic acids is 1. The van der Waals surface area contributed by atoms with Gasteiger partial charge >= 0.3 is 5.97 Å². The highest BCUT2D eigenvalue weighted by molar-refractivity contribution is 6.39. The van der Waals surface area contributed by atoms with Gasteiger partial charge in [-0.25, -0.2) is 9.97 Å². The van der Waals surface area contributed by atoms with E-state index in [2.05, 4.69) is 30.6 Å². The third-order valence-electron chi connectivity index (χ3n) is 9.33. The van der Waals surface area contributed by atoms with Crippen LogP contribution in [0, 0.1) is 5.92 Å². The molecule has 0 saturated carbocycles. The molecule has 2 aliphatic heterocycles. The first-order chi connectivity index (χ1) is 23.7. The SMILES string of the molecule is CC(C)c1nc(Nc2cccc(-c3cccc(NC(=O)c4cc5n(n4)CCC[C@@H]5N4CCC(C(=O)O)CC4)c3Cl)c2Cl)c2ncccc2n1. The number of aromatic nitrogens is 5. The van der Waals surface area contributed by atoms with Crippen molar-refractivity contribution in [1.82, 2.24) is 29.6 Å². The Labute approximate surface area is 293 Å². The average molecular weight is 700 g/mol. The highest BCUT2D eigenvalue weighted by atomic mass is 35.5. The normalized spacial score (nSPS) is 16.9. The van der Waals surface area contributed by atoms with Gasteiger partial charge in [0.1, 0.15) is 11.3 Å². The smallest absolute Gasteiger partial charge is 0.306 e. The summed E-state index contributed by atoms with van der Waals surface area (Å²) in [5, 5.41) is 21.2. The van der Waals surface area contributed by atoms with Gasteiger partial charge in [0, 0.05) is 29.8 Å². The predicted molar refractivity (Wildman–Crippen MR) is 191 cm³/mol. The van der Waals surface area contributed by atoms with Crippen molar-refractivity contribution in [3.63, 3.8) is 0 Å². The minimum Gasteiger partial charge on any atom is -0.481 e. The van der Waals surface area contributed by atoms with E-state index < -0.39 is 5.97 Å². The highest BCUT2D eigenvalue weighted by Gasteiger charge is 2.33. The second kappa shape index (κ2) is 13.7. The number of carbonyl (C=O) groups is 2. The Morgan fingerprint density at radius 3 is 2.35 bits per heavy atom. The number of hydrogen-bond donors (Lipinski definition) is 3. The first kappa shape index (κ1) is 32.9. The van der Waals surface area contributed by atoms with Crippen molar-refractivity contribution in [3.05, 3.63) is 88.1 Å². The molecule has 11 nitrogen and oxygen atoms in total. The lowest BCUT2D eigenvalue weighted by atomic mass is 9.93. The second-order valence-corrected chi connectivity index (χ2v) is 13.6. The largest absolute Gasteiger partial charge is 0.481 e. The van der Waals surface area contributed by atoms with Crippen molar-refractivity contribution in [1.29, 1.82) is 0 Å². The van der Waals surface area contributed by atoms with Crippen LogP contribution in [0.3, 0.4) is 0 Å². The molecule has 3 N–H and O–H groups in total. The third kappa shape index (κ3) is 6.58. The average Bonchev–Trinajstić information content (AvgIpc) is 3.55. The molecule has 2 aromatic carbocycles. The van der Waals surface area contributed by atoms with Crippen LogP contribution in [0.25, 0.3) is 22.2 Å². The number of nitrogens with zero attached hydrogens (tertiary/aromatic N) is 6. The number of halogens is 2. The Kier molecular flexibility index (Phi) is 9.23. The standard InChI is InChI=1S/C36H36Cl2N8O3/c1-20(2)33-41-26-11-5-15-39-32(26)34(43-33)40-24-9-3-7-22(30(24)37)23-8-4-10-25(31(23)38)42-35(47)27-19-29-28(12-6-16-46(29)44-27)45-17-13-21(14-18-45)36(48)49/h3-5,7-11,15,19-21,28H,6,12-14,16-18H2,1-2H3,(H,42,47)(H,48,49)(H,40,41,43)/t28-/m0/s1. The van der Waals surface area contributed by atoms with Crippen molar-refractivity contribution in [2.24, 2.45) is 5.92 Å². The number of pyridine rings is 1. The maximum atomic E-state index is 13.6. The second-order valence-electron chi connectivity index (χ2n) is 12.9. The number of aryl methyl sites for hydroxylation is 1. The van der Waals surface area contributed by atoms with Gasteiger partial charge in [-0.1, -0.05) is 61.3 Å². The van der Waals surface area contributed by atoms with Crippen molar-refractivity contribution in [3.8, 4) is 11.1 Å². The van der Waals surface area contributed by atoms with Gasteiger partial charge in [0.25, 0.3) is 5.91 Å². The maximum absolute atomic E-state index is 13.6. The summed E-state index contributed by atoms with van der Waals surface area (Å²) in [5.41, 5.74) is 5.03. The molecule has 13 heteroatoms. The van der Waals surface area contributed by atoms with E-state index in [1.165, 1.54) is 0 Å². The lowest BCUT2D eigenvalue weighted by Gasteiger charge is -2.38. The molecule has 1 atom stereocenters. The number of aliphatic carboxylic acids is 1. The fourth-order valence-electron chi connectivity index (χ4n) is 6.72. The molecule has 1 amide bonds. The molecular formula is C36H36Cl2N8O3. The van der Waals surface area contributed by atoms with Crippen molar-refractivity contribution >= 4 is 63.3 Å². The minimum atomic E-state index is -0.726. The molecule has 0 bridgehead atoms. The van der Waals surface area contributed by atoms with Crippen LogP contribution in [0.1, 0.15) is 73.5 Å². The fourth-order valence-corrected chi connectivity index (χ4v) is 7.27. The van der Waals surface area contributed by atoms with Crippen LogP contribution >= 0.6 is 23.2 Å². The highest BCUT2D eigenvalue weighted by Crippen LogP contribution is 2.41. The predicted octanol–water partition coefficient (Wildman–Crippen LogP) is 7.95. The van der Waals surface area contributed by atoms with E-state index in [4.69, 9.17) is 28.2 Å². The number of likely N-dealkylation sites (tertiary alicyclic amines) is 1. The van der Waals surface area contributed by atoms with Gasteiger partial charge in [0.2, 0.25) is 0 Å². The van der Waals surface area contributed by atoms with Crippen LogP contribution in [0.15, 0.2) is 60.8 Å². The van der Waals surface area contributed by atoms with E-state index in [-0.39, 0.29) is 23.8 Å². The number of carbonyl (C=O) groups excluding carboxylic acids is 1. The van der Waals surface area contributed by atoms with Gasteiger partial charge in [-0.2, -0.15) is 5.10 Å². The van der Waals surface area contributed by atoms with Crippen molar-refractivity contribution in [2.75, 3.05) is 23.7 Å². The summed E-state index contributed by atoms with van der Waals surface area (Å²) in [6.45, 7) is 6.22. The molecule has 1 saturated heterocycles. The zero-order valence-corrected chi connectivity index (χ0v) is 28.7.